The minimum atomic E-state index is -2.20. The van der Waals surface area contributed by atoms with E-state index in [1.54, 1.807) is 26.0 Å². The number of aliphatic imine (C=N–C) groups is 12. The number of thiazole rings is 4. The van der Waals surface area contributed by atoms with Gasteiger partial charge in [-0.05, 0) is 85.8 Å². The number of rotatable bonds is 12. The summed E-state index contributed by atoms with van der Waals surface area (Å²) >= 11 is 4.59. The summed E-state index contributed by atoms with van der Waals surface area (Å²) in [4.78, 5) is 91.8. The van der Waals surface area contributed by atoms with Crippen LogP contribution in [0.15, 0.2) is 142 Å². The summed E-state index contributed by atoms with van der Waals surface area (Å²) in [5.74, 6) is -10.6. The molecule has 0 amide bonds. The van der Waals surface area contributed by atoms with Crippen LogP contribution in [-0.2, 0) is 10.3 Å². The van der Waals surface area contributed by atoms with E-state index in [0.29, 0.717) is 6.42 Å². The Bertz CT molecular complexity index is 5060. The molecule has 0 aromatic carbocycles. The maximum Gasteiger partial charge on any atom is 0.357 e. The van der Waals surface area contributed by atoms with Crippen molar-refractivity contribution < 1.29 is 91.2 Å². The monoisotopic (exact) mass is 1660 g/mol. The van der Waals surface area contributed by atoms with Gasteiger partial charge in [-0.3, -0.25) is 20.7 Å². The molecule has 17 atom stereocenters. The number of ether oxygens (including phenoxy) is 1. The minimum absolute atomic E-state index is 0.0242. The predicted molar refractivity (Wildman–Crippen MR) is 438 cm³/mol. The number of aliphatic hydroxyl groups is 16. The molecule has 18 N–H and O–H groups in total. The van der Waals surface area contributed by atoms with Crippen molar-refractivity contribution in [1.82, 2.24) is 30.2 Å². The van der Waals surface area contributed by atoms with E-state index in [-0.39, 0.29) is 94.7 Å². The van der Waals surface area contributed by atoms with Gasteiger partial charge in [0, 0.05) is 32.8 Å². The average Bonchev–Trinajstić information content (AvgIpc) is 1.50. The van der Waals surface area contributed by atoms with Gasteiger partial charge in [0.2, 0.25) is 59.0 Å². The van der Waals surface area contributed by atoms with Crippen molar-refractivity contribution in [3.8, 4) is 0 Å². The van der Waals surface area contributed by atoms with Crippen LogP contribution in [0.4, 0.5) is 0 Å². The second-order valence-corrected chi connectivity index (χ2v) is 31.7. The van der Waals surface area contributed by atoms with Gasteiger partial charge in [-0.1, -0.05) is 58.2 Å². The molecule has 0 saturated carbocycles. The first-order chi connectivity index (χ1) is 53.7. The number of nitrogens with one attached hydrogen (secondary N) is 2. The van der Waals surface area contributed by atoms with Crippen molar-refractivity contribution in [3.63, 3.8) is 0 Å². The summed E-state index contributed by atoms with van der Waals surface area (Å²) in [5, 5.41) is 201. The molecule has 0 radical (unpaired) electrons. The number of hydrogen-bond donors (Lipinski definition) is 18. The quantitative estimate of drug-likeness (QED) is 0.0314. The zero-order valence-corrected chi connectivity index (χ0v) is 66.9. The lowest BCUT2D eigenvalue weighted by Crippen LogP contribution is -2.49. The van der Waals surface area contributed by atoms with Crippen molar-refractivity contribution in [1.29, 1.82) is 5.41 Å². The van der Waals surface area contributed by atoms with Crippen LogP contribution in [0.25, 0.3) is 6.08 Å². The van der Waals surface area contributed by atoms with Crippen LogP contribution in [0.2, 0.25) is 0 Å². The molecule has 10 rings (SSSR count). The van der Waals surface area contributed by atoms with Gasteiger partial charge in [-0.15, -0.1) is 57.1 Å². The zero-order chi connectivity index (χ0) is 83.4. The molecule has 606 valence electrons. The van der Waals surface area contributed by atoms with Crippen LogP contribution < -0.4 is 5.32 Å². The predicted octanol–water partition coefficient (Wildman–Crippen LogP) is 9.43. The smallest absolute Gasteiger partial charge is 0.357 e. The van der Waals surface area contributed by atoms with Gasteiger partial charge in [-0.2, -0.15) is 0 Å². The fourth-order valence-corrected chi connectivity index (χ4v) is 16.7. The number of esters is 1. The summed E-state index contributed by atoms with van der Waals surface area (Å²) in [6.07, 6.45) is -2.92. The first-order valence-electron chi connectivity index (χ1n) is 35.3. The number of pyridine rings is 1. The lowest BCUT2D eigenvalue weighted by molar-refractivity contribution is -0.0698. The van der Waals surface area contributed by atoms with Crippen LogP contribution in [0.3, 0.4) is 0 Å². The van der Waals surface area contributed by atoms with E-state index in [0.717, 1.165) is 57.1 Å². The normalized spacial score (nSPS) is 27.3. The molecule has 0 spiro atoms. The molecule has 0 fully saturated rings. The lowest BCUT2D eigenvalue weighted by Gasteiger charge is -2.37. The van der Waals surface area contributed by atoms with Gasteiger partial charge in [0.1, 0.15) is 125 Å². The van der Waals surface area contributed by atoms with Crippen LogP contribution in [0.5, 0.6) is 0 Å². The zero-order valence-electron chi connectivity index (χ0n) is 62.8. The number of aromatic nitrogens is 5. The number of fused-ring (bicyclic) bond motifs is 7. The molecule has 5 aliphatic rings. The highest BCUT2D eigenvalue weighted by molar-refractivity contribution is 8.14. The highest BCUT2D eigenvalue weighted by Gasteiger charge is 2.50. The third-order valence-corrected chi connectivity index (χ3v) is 23.7. The first kappa shape index (κ1) is 85.9. The van der Waals surface area contributed by atoms with E-state index < -0.39 is 196 Å². The Morgan fingerprint density at radius 2 is 1.46 bits per heavy atom. The maximum atomic E-state index is 15.1. The maximum absolute atomic E-state index is 15.1. The topological polar surface area (TPSA) is 599 Å². The second-order valence-electron chi connectivity index (χ2n) is 27.2. The SMILES string of the molecule is C=C(N=C(O)C(=C)N=C(O)c1csc(C2=N[C@H]3c4csc(n4)[C@H]4N=C(O)c5csc(n5)[C@H](C(C)(O)[C@@H](C)O)N=C(O)[C@H]5CSC(=N5)/C(=C\C)N=C(O)[C@H]([C@@H](C)O)N=C(O)c5csc(n5)[C@]3(CC2)N=C(O)[C@H](C)N=C(O)C(=C)N=C(O)[C@H](C)N=C(O)[C@H](C(C)CC)N[C@@H]2C=Cc3c([C@H](C)O)cc(nc3[C@H]2O)C(=O)O[C@@H]4C)n1)C(=N)O. The highest BCUT2D eigenvalue weighted by atomic mass is 32.2. The first-order valence-corrected chi connectivity index (χ1v) is 39.8. The summed E-state index contributed by atoms with van der Waals surface area (Å²) in [5.41, 5.74) is -6.70. The fourth-order valence-electron chi connectivity index (χ4n) is 11.9. The average molecular weight is 1660 g/mol. The van der Waals surface area contributed by atoms with Crippen LogP contribution in [-0.4, -0.2) is 254 Å². The molecular formula is C72H85N19O18S5. The number of carbonyl (C=O) groups is 1. The number of nitrogens with zero attached hydrogens (tertiary/aromatic N) is 17. The summed E-state index contributed by atoms with van der Waals surface area (Å²) in [6, 6.07) is -11.4. The summed E-state index contributed by atoms with van der Waals surface area (Å²) in [6.45, 7) is 25.2. The molecule has 9 heterocycles. The Morgan fingerprint density at radius 3 is 2.13 bits per heavy atom. The molecular weight excluding hydrogens is 1580 g/mol. The molecule has 0 saturated heterocycles. The van der Waals surface area contributed by atoms with Gasteiger partial charge < -0.3 is 86.4 Å². The highest BCUT2D eigenvalue weighted by Crippen LogP contribution is 2.51. The molecule has 2 unspecified atom stereocenters. The molecule has 5 aromatic rings. The van der Waals surface area contributed by atoms with E-state index in [1.165, 1.54) is 82.1 Å². The number of thioether (sulfide) groups is 1. The molecule has 37 nitrogen and oxygen atoms in total. The van der Waals surface area contributed by atoms with E-state index >= 15 is 4.79 Å². The van der Waals surface area contributed by atoms with Gasteiger partial charge in [0.25, 0.3) is 0 Å². The lowest BCUT2D eigenvalue weighted by atomic mass is 9.81. The van der Waals surface area contributed by atoms with E-state index in [9.17, 15) is 81.7 Å². The van der Waals surface area contributed by atoms with Crippen molar-refractivity contribution in [3.05, 3.63) is 148 Å². The van der Waals surface area contributed by atoms with Gasteiger partial charge >= 0.3 is 5.97 Å². The Hall–Kier alpha value is -10.5. The fraction of sp³-hybridized carbons (Fsp3) is 0.431. The van der Waals surface area contributed by atoms with E-state index in [4.69, 9.17) is 35.1 Å². The molecule has 1 aliphatic carbocycles. The Kier molecular flexibility index (Phi) is 26.7. The number of aliphatic hydroxyl groups excluding tert-OH is 15. The van der Waals surface area contributed by atoms with Crippen molar-refractivity contribution >= 4 is 145 Å². The Morgan fingerprint density at radius 1 is 0.772 bits per heavy atom. The molecule has 13 bridgehead atoms. The second kappa shape index (κ2) is 35.5. The van der Waals surface area contributed by atoms with Crippen molar-refractivity contribution in [2.45, 2.75) is 185 Å². The number of cyclic esters (lactones) is 1. The third kappa shape index (κ3) is 18.6. The number of carbonyl (C=O) groups excluding carboxylic acids is 1. The van der Waals surface area contributed by atoms with Crippen molar-refractivity contribution in [2.75, 3.05) is 5.75 Å². The molecule has 114 heavy (non-hydrogen) atoms. The largest absolute Gasteiger partial charge is 0.495 e. The Balaban J connectivity index is 1.25. The summed E-state index contributed by atoms with van der Waals surface area (Å²) < 4.78 is 6.28. The number of allylic oxidation sites excluding steroid dienone is 1. The third-order valence-electron chi connectivity index (χ3n) is 18.9. The van der Waals surface area contributed by atoms with Gasteiger partial charge in [0.05, 0.1) is 53.2 Å². The van der Waals surface area contributed by atoms with E-state index in [1.807, 2.05) is 6.92 Å². The summed E-state index contributed by atoms with van der Waals surface area (Å²) in [7, 11) is 0. The van der Waals surface area contributed by atoms with Crippen LogP contribution >= 0.6 is 57.1 Å². The standard InChI is InChI=1S/C72H85N19O18S5/c1-14-26(3)47-63(105)78-30(7)57(99)75-28(5)56(98)76-31(8)58(100)91-72-19-18-40(66-85-43(22-111-66)59(101)77-29(6)55(97)74-27(4)54(73)96)81-52(72)42-21-112-67(83-42)49(34(11)109-69(107)41-20-37(32(9)92)36-16-17-39(79-47)51(95)50(36)80-41)89-60(102)44-24-113-68(86-44)53(71(13,108)35(12)94)90-62(104)45-23-110-65(84-45)38(15-2)82-64(106)48(33(10)93)88-61(103)46-25-114-70(72)87-46/h15-17,20-22,24-26,30-35,39,45,47-49,51-53,79,92-95,108H,4-6,14,18-19,23H2,1-3,7-13H3,(H2,73,96)(H,74,97)(H,75,99)(H,76,98)(H,77,101)(H,78,105)(H,82,106)(H,88,103)(H,89,102)(H,90,104)(H,91,100)/b38-15+/t26?,30-,31-,32-,33+,34+,35+,39+,45+,47-,48-,49-,51-,52-,53+,71?,72+/m0/s1. The Labute approximate surface area is 671 Å². The van der Waals surface area contributed by atoms with Gasteiger partial charge in [-0.25, -0.2) is 79.6 Å². The molecule has 42 heteroatoms. The van der Waals surface area contributed by atoms with Crippen LogP contribution in [0.1, 0.15) is 189 Å². The van der Waals surface area contributed by atoms with Crippen molar-refractivity contribution in [2.24, 2.45) is 65.8 Å². The van der Waals surface area contributed by atoms with Gasteiger partial charge in [0.15, 0.2) is 11.9 Å². The van der Waals surface area contributed by atoms with Crippen LogP contribution in [0, 0.1) is 11.3 Å². The number of hydrogen-bond acceptors (Lipinski definition) is 31. The van der Waals surface area contributed by atoms with E-state index in [2.05, 4.69) is 84.9 Å². The molecule has 5 aromatic heterocycles. The minimum Gasteiger partial charge on any atom is -0.495 e. The molecule has 4 aliphatic heterocycles.